The van der Waals surface area contributed by atoms with Gasteiger partial charge in [0.15, 0.2) is 0 Å². The van der Waals surface area contributed by atoms with Crippen LogP contribution < -0.4 is 0 Å². The van der Waals surface area contributed by atoms with E-state index in [1.165, 1.54) is 4.57 Å². The van der Waals surface area contributed by atoms with Crippen LogP contribution in [0.2, 0.25) is 0 Å². The van der Waals surface area contributed by atoms with Gasteiger partial charge in [0.05, 0.1) is 28.4 Å². The predicted octanol–water partition coefficient (Wildman–Crippen LogP) is 1.68. The number of nitrogens with zero attached hydrogens (tertiary/aromatic N) is 1. The van der Waals surface area contributed by atoms with Crippen LogP contribution in [0.4, 0.5) is 0 Å². The Morgan fingerprint density at radius 2 is 1.08 bits per heavy atom. The monoisotopic (exact) mass is 369 g/mol. The largest absolute Gasteiger partial charge is 0.465 e. The molecule has 0 radical (unpaired) electrons. The van der Waals surface area contributed by atoms with Gasteiger partial charge >= 0.3 is 23.9 Å². The van der Waals surface area contributed by atoms with E-state index in [1.807, 2.05) is 13.8 Å². The fourth-order valence-corrected chi connectivity index (χ4v) is 2.45. The van der Waals surface area contributed by atoms with Crippen LogP contribution in [0.5, 0.6) is 0 Å². The van der Waals surface area contributed by atoms with Gasteiger partial charge in [-0.3, -0.25) is 0 Å². The zero-order chi connectivity index (χ0) is 20.0. The Hall–Kier alpha value is -2.84. The maximum Gasteiger partial charge on any atom is 0.355 e. The maximum absolute atomic E-state index is 12.4. The molecule has 0 unspecified atom stereocenters. The van der Waals surface area contributed by atoms with Gasteiger partial charge in [0.2, 0.25) is 0 Å². The van der Waals surface area contributed by atoms with Crippen LogP contribution in [0.1, 0.15) is 62.0 Å². The number of methoxy groups -OCH3 is 4. The molecule has 9 heteroatoms. The van der Waals surface area contributed by atoms with Crippen molar-refractivity contribution in [2.75, 3.05) is 28.4 Å². The first-order valence-corrected chi connectivity index (χ1v) is 7.84. The van der Waals surface area contributed by atoms with Gasteiger partial charge in [-0.2, -0.15) is 0 Å². The summed E-state index contributed by atoms with van der Waals surface area (Å²) in [6.45, 7) is 4.07. The Morgan fingerprint density at radius 1 is 0.731 bits per heavy atom. The van der Waals surface area contributed by atoms with Crippen LogP contribution in [0.3, 0.4) is 0 Å². The standard InChI is InChI=1S/C17H23NO8/c1-9(2)7-8-18-12(16(21)25-5)10(14(19)23-3)11(15(20)24-4)13(18)17(22)26-6/h9H,7-8H2,1-6H3. The molecule has 0 bridgehead atoms. The van der Waals surface area contributed by atoms with Crippen molar-refractivity contribution >= 4 is 23.9 Å². The van der Waals surface area contributed by atoms with E-state index in [9.17, 15) is 19.2 Å². The van der Waals surface area contributed by atoms with Gasteiger partial charge in [-0.25, -0.2) is 19.2 Å². The highest BCUT2D eigenvalue weighted by Gasteiger charge is 2.38. The molecule has 9 nitrogen and oxygen atoms in total. The van der Waals surface area contributed by atoms with E-state index in [-0.39, 0.29) is 23.9 Å². The fourth-order valence-electron chi connectivity index (χ4n) is 2.45. The second kappa shape index (κ2) is 9.02. The zero-order valence-electron chi connectivity index (χ0n) is 15.7. The lowest BCUT2D eigenvalue weighted by atomic mass is 10.1. The Balaban J connectivity index is 3.95. The molecule has 0 amide bonds. The van der Waals surface area contributed by atoms with Crippen LogP contribution >= 0.6 is 0 Å². The van der Waals surface area contributed by atoms with E-state index in [0.29, 0.717) is 6.42 Å². The normalized spacial score (nSPS) is 10.4. The Bertz CT molecular complexity index is 663. The third-order valence-electron chi connectivity index (χ3n) is 3.73. The van der Waals surface area contributed by atoms with Crippen molar-refractivity contribution in [2.45, 2.75) is 26.8 Å². The molecule has 1 heterocycles. The molecular weight excluding hydrogens is 346 g/mol. The summed E-state index contributed by atoms with van der Waals surface area (Å²) < 4.78 is 20.1. The topological polar surface area (TPSA) is 110 Å². The molecule has 1 rings (SSSR count). The Morgan fingerprint density at radius 3 is 1.35 bits per heavy atom. The molecule has 26 heavy (non-hydrogen) atoms. The molecular formula is C17H23NO8. The summed E-state index contributed by atoms with van der Waals surface area (Å²) in [6, 6.07) is 0. The number of rotatable bonds is 7. The van der Waals surface area contributed by atoms with Gasteiger partial charge in [-0.15, -0.1) is 0 Å². The lowest BCUT2D eigenvalue weighted by Crippen LogP contribution is -2.19. The minimum absolute atomic E-state index is 0.174. The van der Waals surface area contributed by atoms with Crippen molar-refractivity contribution in [3.8, 4) is 0 Å². The summed E-state index contributed by atoms with van der Waals surface area (Å²) in [4.78, 5) is 49.3. The highest BCUT2D eigenvalue weighted by Crippen LogP contribution is 2.28. The molecule has 0 saturated heterocycles. The van der Waals surface area contributed by atoms with Gasteiger partial charge in [-0.1, -0.05) is 13.8 Å². The Labute approximate surface area is 151 Å². The van der Waals surface area contributed by atoms with Crippen molar-refractivity contribution in [1.29, 1.82) is 0 Å². The lowest BCUT2D eigenvalue weighted by molar-refractivity contribution is 0.0530. The van der Waals surface area contributed by atoms with Crippen molar-refractivity contribution < 1.29 is 38.1 Å². The number of carbonyl (C=O) groups excluding carboxylic acids is 4. The second-order valence-corrected chi connectivity index (χ2v) is 5.75. The molecule has 0 saturated carbocycles. The number of carbonyl (C=O) groups is 4. The SMILES string of the molecule is COC(=O)c1c(C(=O)OC)c(C(=O)OC)n(CCC(C)C)c1C(=O)OC. The van der Waals surface area contributed by atoms with Crippen molar-refractivity contribution in [1.82, 2.24) is 4.57 Å². The number of hydrogen-bond donors (Lipinski definition) is 0. The van der Waals surface area contributed by atoms with E-state index in [4.69, 9.17) is 18.9 Å². The second-order valence-electron chi connectivity index (χ2n) is 5.75. The molecule has 0 N–H and O–H groups in total. The fraction of sp³-hybridized carbons (Fsp3) is 0.529. The van der Waals surface area contributed by atoms with Crippen LogP contribution in [0.15, 0.2) is 0 Å². The minimum Gasteiger partial charge on any atom is -0.465 e. The molecule has 0 aliphatic heterocycles. The first-order chi connectivity index (χ1) is 12.2. The number of esters is 4. The van der Waals surface area contributed by atoms with Gasteiger partial charge in [-0.05, 0) is 12.3 Å². The van der Waals surface area contributed by atoms with Crippen molar-refractivity contribution in [3.05, 3.63) is 22.5 Å². The van der Waals surface area contributed by atoms with E-state index in [2.05, 4.69) is 0 Å². The molecule has 144 valence electrons. The summed E-state index contributed by atoms with van der Waals surface area (Å²) >= 11 is 0. The van der Waals surface area contributed by atoms with Crippen molar-refractivity contribution in [3.63, 3.8) is 0 Å². The van der Waals surface area contributed by atoms with E-state index in [1.54, 1.807) is 0 Å². The quantitative estimate of drug-likeness (QED) is 0.527. The zero-order valence-corrected chi connectivity index (χ0v) is 15.7. The molecule has 0 atom stereocenters. The smallest absolute Gasteiger partial charge is 0.355 e. The summed E-state index contributed by atoms with van der Waals surface area (Å²) in [5.41, 5.74) is -1.31. The van der Waals surface area contributed by atoms with Crippen LogP contribution in [-0.4, -0.2) is 56.9 Å². The van der Waals surface area contributed by atoms with E-state index in [0.717, 1.165) is 28.4 Å². The molecule has 0 aromatic carbocycles. The van der Waals surface area contributed by atoms with Gasteiger partial charge in [0.1, 0.15) is 22.5 Å². The number of ether oxygens (including phenoxy) is 4. The average Bonchev–Trinajstić information content (AvgIpc) is 2.98. The summed E-state index contributed by atoms with van der Waals surface area (Å²) in [7, 11) is 4.43. The maximum atomic E-state index is 12.4. The van der Waals surface area contributed by atoms with Gasteiger partial charge in [0, 0.05) is 6.54 Å². The first-order valence-electron chi connectivity index (χ1n) is 7.84. The Kier molecular flexibility index (Phi) is 7.36. The van der Waals surface area contributed by atoms with Crippen molar-refractivity contribution in [2.24, 2.45) is 5.92 Å². The van der Waals surface area contributed by atoms with Gasteiger partial charge in [0.25, 0.3) is 0 Å². The third-order valence-corrected chi connectivity index (χ3v) is 3.73. The minimum atomic E-state index is -0.973. The van der Waals surface area contributed by atoms with Crippen LogP contribution in [-0.2, 0) is 25.5 Å². The molecule has 0 aliphatic rings. The first kappa shape index (κ1) is 21.2. The lowest BCUT2D eigenvalue weighted by Gasteiger charge is -2.13. The third kappa shape index (κ3) is 4.04. The predicted molar refractivity (Wildman–Crippen MR) is 89.2 cm³/mol. The van der Waals surface area contributed by atoms with E-state index < -0.39 is 35.0 Å². The molecule has 0 aliphatic carbocycles. The van der Waals surface area contributed by atoms with E-state index >= 15 is 0 Å². The number of hydrogen-bond acceptors (Lipinski definition) is 8. The van der Waals surface area contributed by atoms with Crippen LogP contribution in [0.25, 0.3) is 0 Å². The summed E-state index contributed by atoms with van der Waals surface area (Å²) in [5.74, 6) is -3.51. The average molecular weight is 369 g/mol. The summed E-state index contributed by atoms with van der Waals surface area (Å²) in [6.07, 6.45) is 0.559. The molecule has 0 spiro atoms. The highest BCUT2D eigenvalue weighted by molar-refractivity contribution is 6.15. The molecule has 1 aromatic rings. The van der Waals surface area contributed by atoms with Gasteiger partial charge < -0.3 is 23.5 Å². The van der Waals surface area contributed by atoms with Crippen LogP contribution in [0, 0.1) is 5.92 Å². The molecule has 1 aromatic heterocycles. The summed E-state index contributed by atoms with van der Waals surface area (Å²) in [5, 5.41) is 0. The number of aromatic nitrogens is 1. The molecule has 0 fully saturated rings. The highest BCUT2D eigenvalue weighted by atomic mass is 16.5.